The highest BCUT2D eigenvalue weighted by atomic mass is 35.5. The van der Waals surface area contributed by atoms with Crippen molar-refractivity contribution >= 4 is 54.2 Å². The fraction of sp³-hybridized carbons (Fsp3) is 0.481. The number of piperidine rings is 1. The van der Waals surface area contributed by atoms with Crippen LogP contribution in [0.2, 0.25) is 5.02 Å². The molecular formula is C27H33ClN4O4S2. The molecule has 0 bridgehead atoms. The lowest BCUT2D eigenvalue weighted by Gasteiger charge is -2.29. The van der Waals surface area contributed by atoms with E-state index in [1.807, 2.05) is 19.1 Å². The number of nitrogens with zero attached hydrogens (tertiary/aromatic N) is 4. The third-order valence-electron chi connectivity index (χ3n) is 7.34. The maximum absolute atomic E-state index is 13.8. The quantitative estimate of drug-likeness (QED) is 0.407. The highest BCUT2D eigenvalue weighted by molar-refractivity contribution is 7.89. The minimum Gasteiger partial charge on any atom is -0.379 e. The minimum absolute atomic E-state index is 0.211. The molecule has 1 aromatic heterocycles. The first kappa shape index (κ1) is 27.5. The first-order chi connectivity index (χ1) is 18.2. The predicted molar refractivity (Wildman–Crippen MR) is 152 cm³/mol. The summed E-state index contributed by atoms with van der Waals surface area (Å²) in [5.74, 6) is 0.323. The smallest absolute Gasteiger partial charge is 0.260 e. The van der Waals surface area contributed by atoms with E-state index in [0.717, 1.165) is 41.7 Å². The van der Waals surface area contributed by atoms with Crippen LogP contribution in [0.25, 0.3) is 10.2 Å². The number of ether oxygens (including phenoxy) is 1. The summed E-state index contributed by atoms with van der Waals surface area (Å²) in [5, 5.41) is 1.24. The second-order valence-corrected chi connectivity index (χ2v) is 13.5. The predicted octanol–water partition coefficient (Wildman–Crippen LogP) is 4.66. The number of sulfonamides is 1. The van der Waals surface area contributed by atoms with Crippen LogP contribution < -0.4 is 4.90 Å². The van der Waals surface area contributed by atoms with Gasteiger partial charge in [-0.2, -0.15) is 4.31 Å². The molecule has 0 spiro atoms. The number of halogens is 1. The number of aromatic nitrogens is 1. The normalized spacial score (nSPS) is 18.2. The molecule has 0 unspecified atom stereocenters. The van der Waals surface area contributed by atoms with Crippen molar-refractivity contribution in [3.8, 4) is 0 Å². The second-order valence-electron chi connectivity index (χ2n) is 10.1. The first-order valence-electron chi connectivity index (χ1n) is 13.0. The molecule has 11 heteroatoms. The van der Waals surface area contributed by atoms with Gasteiger partial charge in [-0.05, 0) is 67.6 Å². The fourth-order valence-electron chi connectivity index (χ4n) is 4.91. The SMILES string of the molecule is Cc1cc(Cl)cc2sc(N(CCN3CCOCC3)C(=O)c3ccc(S(=O)(=O)N4CCC(C)CC4)cc3)nc12. The van der Waals surface area contributed by atoms with E-state index in [1.54, 1.807) is 33.5 Å². The lowest BCUT2D eigenvalue weighted by molar-refractivity contribution is 0.0391. The zero-order valence-corrected chi connectivity index (χ0v) is 24.1. The van der Waals surface area contributed by atoms with Crippen LogP contribution in [0.4, 0.5) is 5.13 Å². The number of hydrogen-bond donors (Lipinski definition) is 0. The van der Waals surface area contributed by atoms with Crippen molar-refractivity contribution in [2.75, 3.05) is 57.4 Å². The van der Waals surface area contributed by atoms with Gasteiger partial charge in [0.2, 0.25) is 10.0 Å². The monoisotopic (exact) mass is 576 g/mol. The maximum Gasteiger partial charge on any atom is 0.260 e. The van der Waals surface area contributed by atoms with Gasteiger partial charge in [-0.1, -0.05) is 29.9 Å². The van der Waals surface area contributed by atoms with Crippen LogP contribution >= 0.6 is 22.9 Å². The number of rotatable bonds is 7. The van der Waals surface area contributed by atoms with E-state index in [-0.39, 0.29) is 10.8 Å². The van der Waals surface area contributed by atoms with Crippen molar-refractivity contribution in [3.63, 3.8) is 0 Å². The van der Waals surface area contributed by atoms with Crippen molar-refractivity contribution in [1.82, 2.24) is 14.2 Å². The molecule has 0 atom stereocenters. The van der Waals surface area contributed by atoms with E-state index < -0.39 is 10.0 Å². The number of aryl methyl sites for hydroxylation is 1. The Bertz CT molecular complexity index is 1400. The van der Waals surface area contributed by atoms with Gasteiger partial charge < -0.3 is 4.74 Å². The Labute approximate surface area is 233 Å². The summed E-state index contributed by atoms with van der Waals surface area (Å²) in [6.07, 6.45) is 1.72. The largest absolute Gasteiger partial charge is 0.379 e. The summed E-state index contributed by atoms with van der Waals surface area (Å²) in [4.78, 5) is 22.8. The summed E-state index contributed by atoms with van der Waals surface area (Å²) in [6.45, 7) is 9.30. The van der Waals surface area contributed by atoms with E-state index in [9.17, 15) is 13.2 Å². The van der Waals surface area contributed by atoms with Crippen LogP contribution in [0.5, 0.6) is 0 Å². The molecule has 38 heavy (non-hydrogen) atoms. The molecule has 2 aliphatic heterocycles. The fourth-order valence-corrected chi connectivity index (χ4v) is 7.82. The molecule has 3 heterocycles. The topological polar surface area (TPSA) is 83.0 Å². The van der Waals surface area contributed by atoms with Crippen LogP contribution in [-0.4, -0.2) is 81.0 Å². The van der Waals surface area contributed by atoms with Crippen molar-refractivity contribution < 1.29 is 17.9 Å². The number of morpholine rings is 1. The van der Waals surface area contributed by atoms with Gasteiger partial charge in [0, 0.05) is 49.9 Å². The van der Waals surface area contributed by atoms with Crippen LogP contribution in [0.1, 0.15) is 35.7 Å². The Kier molecular flexibility index (Phi) is 8.37. The third kappa shape index (κ3) is 5.90. The molecule has 2 saturated heterocycles. The van der Waals surface area contributed by atoms with Crippen molar-refractivity contribution in [3.05, 3.63) is 52.5 Å². The van der Waals surface area contributed by atoms with Gasteiger partial charge in [0.1, 0.15) is 0 Å². The Morgan fingerprint density at radius 1 is 1.13 bits per heavy atom. The Hall–Kier alpha value is -2.08. The Morgan fingerprint density at radius 3 is 2.50 bits per heavy atom. The molecule has 3 aromatic rings. The summed E-state index contributed by atoms with van der Waals surface area (Å²) in [7, 11) is -3.58. The molecule has 1 amide bonds. The number of anilines is 1. The lowest BCUT2D eigenvalue weighted by Crippen LogP contribution is -2.43. The molecule has 204 valence electrons. The number of carbonyl (C=O) groups is 1. The summed E-state index contributed by atoms with van der Waals surface area (Å²) in [5.41, 5.74) is 2.21. The maximum atomic E-state index is 13.8. The van der Waals surface area contributed by atoms with Crippen molar-refractivity contribution in [1.29, 1.82) is 0 Å². The molecule has 0 radical (unpaired) electrons. The standard InChI is InChI=1S/C27H33ClN4O4S2/c1-19-7-9-31(10-8-19)38(34,35)23-5-3-21(4-6-23)26(33)32(12-11-30-13-15-36-16-14-30)27-29-25-20(2)17-22(28)18-24(25)37-27/h3-6,17-19H,7-16H2,1-2H3. The second kappa shape index (κ2) is 11.6. The van der Waals surface area contributed by atoms with Gasteiger partial charge in [0.25, 0.3) is 5.91 Å². The molecule has 0 aliphatic carbocycles. The highest BCUT2D eigenvalue weighted by Gasteiger charge is 2.29. The Morgan fingerprint density at radius 2 is 1.82 bits per heavy atom. The number of benzene rings is 2. The summed E-state index contributed by atoms with van der Waals surface area (Å²) in [6, 6.07) is 10.1. The van der Waals surface area contributed by atoms with Gasteiger partial charge in [-0.3, -0.25) is 14.6 Å². The summed E-state index contributed by atoms with van der Waals surface area (Å²) < 4.78 is 34.3. The van der Waals surface area contributed by atoms with E-state index >= 15 is 0 Å². The number of amides is 1. The van der Waals surface area contributed by atoms with Crippen LogP contribution in [0.3, 0.4) is 0 Å². The van der Waals surface area contributed by atoms with Crippen molar-refractivity contribution in [2.45, 2.75) is 31.6 Å². The van der Waals surface area contributed by atoms with Crippen LogP contribution in [-0.2, 0) is 14.8 Å². The highest BCUT2D eigenvalue weighted by Crippen LogP contribution is 2.34. The van der Waals surface area contributed by atoms with Gasteiger partial charge in [0.15, 0.2) is 5.13 Å². The first-order valence-corrected chi connectivity index (χ1v) is 15.6. The molecule has 8 nitrogen and oxygen atoms in total. The van der Waals surface area contributed by atoms with Crippen LogP contribution in [0, 0.1) is 12.8 Å². The summed E-state index contributed by atoms with van der Waals surface area (Å²) >= 11 is 7.71. The molecule has 0 N–H and O–H groups in total. The molecule has 2 aliphatic rings. The molecule has 0 saturated carbocycles. The molecule has 5 rings (SSSR count). The third-order valence-corrected chi connectivity index (χ3v) is 10.5. The van der Waals surface area contributed by atoms with Crippen LogP contribution in [0.15, 0.2) is 41.3 Å². The van der Waals surface area contributed by atoms with Gasteiger partial charge >= 0.3 is 0 Å². The number of thiazole rings is 1. The lowest BCUT2D eigenvalue weighted by atomic mass is 10.0. The van der Waals surface area contributed by atoms with E-state index in [0.29, 0.717) is 61.0 Å². The van der Waals surface area contributed by atoms with Crippen molar-refractivity contribution in [2.24, 2.45) is 5.92 Å². The minimum atomic E-state index is -3.58. The Balaban J connectivity index is 1.41. The van der Waals surface area contributed by atoms with Gasteiger partial charge in [0.05, 0.1) is 28.3 Å². The number of hydrogen-bond acceptors (Lipinski definition) is 7. The molecular weight excluding hydrogens is 544 g/mol. The molecule has 2 aromatic carbocycles. The number of fused-ring (bicyclic) bond motifs is 1. The zero-order valence-electron chi connectivity index (χ0n) is 21.7. The average Bonchev–Trinajstić information content (AvgIpc) is 3.34. The van der Waals surface area contributed by atoms with E-state index in [1.165, 1.54) is 11.3 Å². The molecule has 2 fully saturated rings. The van der Waals surface area contributed by atoms with E-state index in [4.69, 9.17) is 21.3 Å². The zero-order chi connectivity index (χ0) is 26.9. The van der Waals surface area contributed by atoms with Gasteiger partial charge in [-0.15, -0.1) is 0 Å². The number of carbonyl (C=O) groups excluding carboxylic acids is 1. The van der Waals surface area contributed by atoms with Gasteiger partial charge in [-0.25, -0.2) is 13.4 Å². The average molecular weight is 577 g/mol. The van der Waals surface area contributed by atoms with E-state index in [2.05, 4.69) is 11.8 Å².